The van der Waals surface area contributed by atoms with Crippen LogP contribution in [0.4, 0.5) is 5.69 Å². The number of nitrogens with zero attached hydrogens (tertiary/aromatic N) is 3. The Kier molecular flexibility index (Phi) is 3.66. The highest BCUT2D eigenvalue weighted by molar-refractivity contribution is 6.03. The van der Waals surface area contributed by atoms with Crippen molar-refractivity contribution in [3.63, 3.8) is 0 Å². The number of hydrogen-bond acceptors (Lipinski definition) is 5. The van der Waals surface area contributed by atoms with Crippen LogP contribution in [0.1, 0.15) is 0 Å². The van der Waals surface area contributed by atoms with Crippen LogP contribution in [0.2, 0.25) is 0 Å². The SMILES string of the molecule is COc1ccccc1N1CC(=O)N(CC#N)C(=O)C1. The first-order valence-electron chi connectivity index (χ1n) is 5.75. The number of piperazine rings is 1. The summed E-state index contributed by atoms with van der Waals surface area (Å²) >= 11 is 0. The molecule has 2 rings (SSSR count). The van der Waals surface area contributed by atoms with Crippen LogP contribution in [0.3, 0.4) is 0 Å². The Labute approximate surface area is 110 Å². The van der Waals surface area contributed by atoms with E-state index in [-0.39, 0.29) is 31.4 Å². The van der Waals surface area contributed by atoms with E-state index in [1.807, 2.05) is 18.2 Å². The lowest BCUT2D eigenvalue weighted by atomic mass is 10.2. The van der Waals surface area contributed by atoms with Crippen molar-refractivity contribution < 1.29 is 14.3 Å². The Morgan fingerprint density at radius 3 is 2.47 bits per heavy atom. The van der Waals surface area contributed by atoms with Crippen LogP contribution in [0.15, 0.2) is 24.3 Å². The van der Waals surface area contributed by atoms with Gasteiger partial charge in [-0.05, 0) is 12.1 Å². The number of rotatable bonds is 3. The van der Waals surface area contributed by atoms with E-state index in [9.17, 15) is 9.59 Å². The summed E-state index contributed by atoms with van der Waals surface area (Å²) < 4.78 is 5.21. The van der Waals surface area contributed by atoms with Crippen molar-refractivity contribution in [3.8, 4) is 11.8 Å². The molecule has 1 aromatic rings. The van der Waals surface area contributed by atoms with E-state index in [0.29, 0.717) is 11.4 Å². The van der Waals surface area contributed by atoms with Gasteiger partial charge in [0.05, 0.1) is 32.0 Å². The molecule has 0 unspecified atom stereocenters. The monoisotopic (exact) mass is 259 g/mol. The zero-order valence-electron chi connectivity index (χ0n) is 10.5. The molecule has 6 nitrogen and oxygen atoms in total. The molecule has 0 bridgehead atoms. The first-order chi connectivity index (χ1) is 9.17. The van der Waals surface area contributed by atoms with Crippen molar-refractivity contribution in [2.45, 2.75) is 0 Å². The number of benzene rings is 1. The van der Waals surface area contributed by atoms with Crippen molar-refractivity contribution in [1.82, 2.24) is 4.90 Å². The van der Waals surface area contributed by atoms with Gasteiger partial charge in [-0.2, -0.15) is 5.26 Å². The van der Waals surface area contributed by atoms with Gasteiger partial charge in [0, 0.05) is 0 Å². The third-order valence-corrected chi connectivity index (χ3v) is 2.91. The summed E-state index contributed by atoms with van der Waals surface area (Å²) in [7, 11) is 1.54. The van der Waals surface area contributed by atoms with Crippen LogP contribution in [0.25, 0.3) is 0 Å². The van der Waals surface area contributed by atoms with Gasteiger partial charge in [-0.3, -0.25) is 14.5 Å². The standard InChI is InChI=1S/C13H13N3O3/c1-19-11-5-3-2-4-10(11)15-8-12(17)16(7-6-14)13(18)9-15/h2-5H,7-9H2,1H3. The third-order valence-electron chi connectivity index (χ3n) is 2.91. The summed E-state index contributed by atoms with van der Waals surface area (Å²) in [4.78, 5) is 26.3. The second-order valence-corrected chi connectivity index (χ2v) is 4.06. The van der Waals surface area contributed by atoms with Gasteiger partial charge in [0.1, 0.15) is 12.3 Å². The van der Waals surface area contributed by atoms with E-state index in [1.54, 1.807) is 17.0 Å². The van der Waals surface area contributed by atoms with Crippen molar-refractivity contribution in [3.05, 3.63) is 24.3 Å². The maximum Gasteiger partial charge on any atom is 0.249 e. The average molecular weight is 259 g/mol. The number of nitriles is 1. The predicted octanol–water partition coefficient (Wildman–Crippen LogP) is 0.394. The van der Waals surface area contributed by atoms with Crippen molar-refractivity contribution >= 4 is 17.5 Å². The highest BCUT2D eigenvalue weighted by atomic mass is 16.5. The molecule has 6 heteroatoms. The van der Waals surface area contributed by atoms with Gasteiger partial charge < -0.3 is 9.64 Å². The van der Waals surface area contributed by atoms with Gasteiger partial charge in [-0.25, -0.2) is 0 Å². The zero-order valence-corrected chi connectivity index (χ0v) is 10.5. The van der Waals surface area contributed by atoms with E-state index in [2.05, 4.69) is 0 Å². The van der Waals surface area contributed by atoms with Crippen LogP contribution in [-0.2, 0) is 9.59 Å². The summed E-state index contributed by atoms with van der Waals surface area (Å²) in [6.07, 6.45) is 0. The fourth-order valence-electron chi connectivity index (χ4n) is 2.00. The van der Waals surface area contributed by atoms with Gasteiger partial charge in [0.2, 0.25) is 11.8 Å². The van der Waals surface area contributed by atoms with Crippen LogP contribution in [0.5, 0.6) is 5.75 Å². The number of hydrogen-bond donors (Lipinski definition) is 0. The van der Waals surface area contributed by atoms with E-state index >= 15 is 0 Å². The van der Waals surface area contributed by atoms with E-state index in [0.717, 1.165) is 4.90 Å². The van der Waals surface area contributed by atoms with Crippen LogP contribution >= 0.6 is 0 Å². The maximum absolute atomic E-state index is 11.8. The lowest BCUT2D eigenvalue weighted by molar-refractivity contribution is -0.144. The van der Waals surface area contributed by atoms with Gasteiger partial charge in [-0.1, -0.05) is 12.1 Å². The predicted molar refractivity (Wildman–Crippen MR) is 67.5 cm³/mol. The molecule has 1 aliphatic rings. The smallest absolute Gasteiger partial charge is 0.249 e. The Morgan fingerprint density at radius 1 is 1.26 bits per heavy atom. The molecule has 1 heterocycles. The Morgan fingerprint density at radius 2 is 1.89 bits per heavy atom. The lowest BCUT2D eigenvalue weighted by Crippen LogP contribution is -2.54. The van der Waals surface area contributed by atoms with Gasteiger partial charge in [-0.15, -0.1) is 0 Å². The van der Waals surface area contributed by atoms with Gasteiger partial charge >= 0.3 is 0 Å². The number of ether oxygens (including phenoxy) is 1. The minimum Gasteiger partial charge on any atom is -0.495 e. The molecule has 1 aliphatic heterocycles. The highest BCUT2D eigenvalue weighted by Crippen LogP contribution is 2.28. The molecule has 0 aromatic heterocycles. The van der Waals surface area contributed by atoms with E-state index in [4.69, 9.17) is 10.00 Å². The second kappa shape index (κ2) is 5.40. The molecule has 0 atom stereocenters. The number of carbonyl (C=O) groups excluding carboxylic acids is 2. The average Bonchev–Trinajstić information content (AvgIpc) is 2.42. The molecular weight excluding hydrogens is 246 g/mol. The molecule has 1 fully saturated rings. The molecule has 0 saturated carbocycles. The van der Waals surface area contributed by atoms with Gasteiger partial charge in [0.25, 0.3) is 0 Å². The Bertz CT molecular complexity index is 532. The molecule has 0 N–H and O–H groups in total. The normalized spacial score (nSPS) is 15.4. The first-order valence-corrected chi connectivity index (χ1v) is 5.75. The highest BCUT2D eigenvalue weighted by Gasteiger charge is 2.31. The number of methoxy groups -OCH3 is 1. The molecule has 1 aromatic carbocycles. The quantitative estimate of drug-likeness (QED) is 0.580. The summed E-state index contributed by atoms with van der Waals surface area (Å²) in [6, 6.07) is 9.01. The van der Waals surface area contributed by atoms with Crippen molar-refractivity contribution in [1.29, 1.82) is 5.26 Å². The molecule has 0 aliphatic carbocycles. The van der Waals surface area contributed by atoms with Crippen molar-refractivity contribution in [2.24, 2.45) is 0 Å². The summed E-state index contributed by atoms with van der Waals surface area (Å²) in [5, 5.41) is 8.59. The van der Waals surface area contributed by atoms with Crippen LogP contribution in [-0.4, -0.2) is 43.5 Å². The molecule has 0 radical (unpaired) electrons. The number of amides is 2. The minimum atomic E-state index is -0.372. The number of imide groups is 1. The molecule has 0 spiro atoms. The topological polar surface area (TPSA) is 73.6 Å². The van der Waals surface area contributed by atoms with Crippen molar-refractivity contribution in [2.75, 3.05) is 31.6 Å². The van der Waals surface area contributed by atoms with Gasteiger partial charge in [0.15, 0.2) is 0 Å². The van der Waals surface area contributed by atoms with Crippen LogP contribution < -0.4 is 9.64 Å². The number of carbonyl (C=O) groups is 2. The maximum atomic E-state index is 11.8. The minimum absolute atomic E-state index is 0.0633. The molecule has 19 heavy (non-hydrogen) atoms. The largest absolute Gasteiger partial charge is 0.495 e. The lowest BCUT2D eigenvalue weighted by Gasteiger charge is -2.33. The van der Waals surface area contributed by atoms with E-state index < -0.39 is 0 Å². The molecular formula is C13H13N3O3. The molecule has 1 saturated heterocycles. The number of anilines is 1. The Balaban J connectivity index is 2.23. The molecule has 2 amide bonds. The summed E-state index contributed by atoms with van der Waals surface area (Å²) in [5.41, 5.74) is 0.698. The molecule has 98 valence electrons. The third kappa shape index (κ3) is 2.50. The Hall–Kier alpha value is -2.55. The first kappa shape index (κ1) is 12.9. The second-order valence-electron chi connectivity index (χ2n) is 4.06. The fourth-order valence-corrected chi connectivity index (χ4v) is 2.00. The van der Waals surface area contributed by atoms with Crippen LogP contribution in [0, 0.1) is 11.3 Å². The van der Waals surface area contributed by atoms with E-state index in [1.165, 1.54) is 7.11 Å². The summed E-state index contributed by atoms with van der Waals surface area (Å²) in [6.45, 7) is -0.0704. The zero-order chi connectivity index (χ0) is 13.8. The number of para-hydroxylation sites is 2. The fraction of sp³-hybridized carbons (Fsp3) is 0.308. The summed E-state index contributed by atoms with van der Waals surface area (Å²) in [5.74, 6) is -0.135.